The van der Waals surface area contributed by atoms with E-state index in [4.69, 9.17) is 9.26 Å². The Morgan fingerprint density at radius 3 is 3.05 bits per heavy atom. The Labute approximate surface area is 117 Å². The average Bonchev–Trinajstić information content (AvgIpc) is 3.01. The minimum Gasteiger partial charge on any atom is -0.492 e. The number of aromatic nitrogens is 2. The van der Waals surface area contributed by atoms with Crippen molar-refractivity contribution >= 4 is 0 Å². The summed E-state index contributed by atoms with van der Waals surface area (Å²) in [5.41, 5.74) is 1.14. The van der Waals surface area contributed by atoms with Crippen molar-refractivity contribution < 1.29 is 9.26 Å². The Balaban J connectivity index is 1.45. The normalized spacial score (nSPS) is 20.7. The SMILES string of the molecule is c1ccc2c(c1)OCC2c1noc(CNCC2CC2)n1. The number of benzene rings is 1. The van der Waals surface area contributed by atoms with Gasteiger partial charge in [-0.15, -0.1) is 0 Å². The fourth-order valence-corrected chi connectivity index (χ4v) is 2.56. The maximum Gasteiger partial charge on any atom is 0.240 e. The van der Waals surface area contributed by atoms with E-state index in [1.165, 1.54) is 12.8 Å². The van der Waals surface area contributed by atoms with Crippen LogP contribution in [0.15, 0.2) is 28.8 Å². The van der Waals surface area contributed by atoms with E-state index in [1.807, 2.05) is 18.2 Å². The molecule has 0 radical (unpaired) electrons. The summed E-state index contributed by atoms with van der Waals surface area (Å²) in [6.45, 7) is 2.29. The van der Waals surface area contributed by atoms with Crippen molar-refractivity contribution in [2.45, 2.75) is 25.3 Å². The highest BCUT2D eigenvalue weighted by molar-refractivity contribution is 5.42. The van der Waals surface area contributed by atoms with Gasteiger partial charge in [0.2, 0.25) is 5.89 Å². The molecule has 0 bridgehead atoms. The van der Waals surface area contributed by atoms with Crippen molar-refractivity contribution in [3.05, 3.63) is 41.5 Å². The van der Waals surface area contributed by atoms with Crippen LogP contribution in [-0.4, -0.2) is 23.3 Å². The van der Waals surface area contributed by atoms with Crippen LogP contribution >= 0.6 is 0 Å². The van der Waals surface area contributed by atoms with Crippen LogP contribution in [0.25, 0.3) is 0 Å². The van der Waals surface area contributed by atoms with E-state index in [2.05, 4.69) is 21.5 Å². The first kappa shape index (κ1) is 11.9. The van der Waals surface area contributed by atoms with Gasteiger partial charge in [0.05, 0.1) is 12.5 Å². The van der Waals surface area contributed by atoms with Crippen molar-refractivity contribution in [1.82, 2.24) is 15.5 Å². The molecule has 4 rings (SSSR count). The number of hydrogen-bond donors (Lipinski definition) is 1. The zero-order valence-corrected chi connectivity index (χ0v) is 11.2. The molecule has 0 spiro atoms. The van der Waals surface area contributed by atoms with E-state index in [9.17, 15) is 0 Å². The predicted molar refractivity (Wildman–Crippen MR) is 72.5 cm³/mol. The summed E-state index contributed by atoms with van der Waals surface area (Å²) >= 11 is 0. The predicted octanol–water partition coefficient (Wildman–Crippen LogP) is 2.09. The quantitative estimate of drug-likeness (QED) is 0.902. The van der Waals surface area contributed by atoms with Crippen LogP contribution in [0.4, 0.5) is 0 Å². The largest absolute Gasteiger partial charge is 0.492 e. The zero-order valence-electron chi connectivity index (χ0n) is 11.2. The highest BCUT2D eigenvalue weighted by atomic mass is 16.5. The van der Waals surface area contributed by atoms with Crippen LogP contribution in [0, 0.1) is 5.92 Å². The molecule has 104 valence electrons. The van der Waals surface area contributed by atoms with E-state index >= 15 is 0 Å². The van der Waals surface area contributed by atoms with Gasteiger partial charge in [0, 0.05) is 5.56 Å². The molecule has 20 heavy (non-hydrogen) atoms. The van der Waals surface area contributed by atoms with Crippen LogP contribution in [0.3, 0.4) is 0 Å². The Morgan fingerprint density at radius 2 is 2.15 bits per heavy atom. The zero-order chi connectivity index (χ0) is 13.4. The number of rotatable bonds is 5. The average molecular weight is 271 g/mol. The maximum absolute atomic E-state index is 5.66. The Kier molecular flexibility index (Phi) is 2.92. The number of para-hydroxylation sites is 1. The third-order valence-electron chi connectivity index (χ3n) is 3.90. The Bertz CT molecular complexity index is 607. The van der Waals surface area contributed by atoms with Gasteiger partial charge in [0.1, 0.15) is 12.4 Å². The van der Waals surface area contributed by atoms with Crippen molar-refractivity contribution in [2.75, 3.05) is 13.2 Å². The number of fused-ring (bicyclic) bond motifs is 1. The van der Waals surface area contributed by atoms with E-state index < -0.39 is 0 Å². The smallest absolute Gasteiger partial charge is 0.240 e. The Morgan fingerprint density at radius 1 is 1.25 bits per heavy atom. The molecule has 5 nitrogen and oxygen atoms in total. The van der Waals surface area contributed by atoms with E-state index in [0.717, 1.165) is 29.6 Å². The Hall–Kier alpha value is -1.88. The summed E-state index contributed by atoms with van der Waals surface area (Å²) in [5.74, 6) is 3.25. The second-order valence-electron chi connectivity index (χ2n) is 5.52. The molecule has 1 aliphatic heterocycles. The molecule has 1 aromatic heterocycles. The monoisotopic (exact) mass is 271 g/mol. The first-order chi connectivity index (χ1) is 9.90. The summed E-state index contributed by atoms with van der Waals surface area (Å²) in [6.07, 6.45) is 2.69. The van der Waals surface area contributed by atoms with E-state index in [0.29, 0.717) is 19.0 Å². The molecular formula is C15H17N3O2. The molecule has 1 aromatic carbocycles. The van der Waals surface area contributed by atoms with Crippen molar-refractivity contribution in [2.24, 2.45) is 5.92 Å². The van der Waals surface area contributed by atoms with Gasteiger partial charge in [-0.2, -0.15) is 4.98 Å². The summed E-state index contributed by atoms with van der Waals surface area (Å²) in [5, 5.41) is 7.46. The minimum absolute atomic E-state index is 0.0899. The van der Waals surface area contributed by atoms with Crippen LogP contribution in [-0.2, 0) is 6.54 Å². The van der Waals surface area contributed by atoms with Crippen molar-refractivity contribution in [3.8, 4) is 5.75 Å². The van der Waals surface area contributed by atoms with Crippen LogP contribution in [0.5, 0.6) is 5.75 Å². The fourth-order valence-electron chi connectivity index (χ4n) is 2.56. The lowest BCUT2D eigenvalue weighted by Gasteiger charge is -2.01. The summed E-state index contributed by atoms with van der Waals surface area (Å²) in [7, 11) is 0. The van der Waals surface area contributed by atoms with Gasteiger partial charge >= 0.3 is 0 Å². The van der Waals surface area contributed by atoms with Crippen molar-refractivity contribution in [3.63, 3.8) is 0 Å². The molecule has 0 saturated heterocycles. The van der Waals surface area contributed by atoms with Gasteiger partial charge in [-0.05, 0) is 31.4 Å². The van der Waals surface area contributed by atoms with Crippen LogP contribution < -0.4 is 10.1 Å². The molecule has 2 heterocycles. The van der Waals surface area contributed by atoms with E-state index in [1.54, 1.807) is 0 Å². The molecule has 2 aliphatic rings. The lowest BCUT2D eigenvalue weighted by Crippen LogP contribution is -2.16. The number of nitrogens with one attached hydrogen (secondary N) is 1. The maximum atomic E-state index is 5.66. The second-order valence-corrected chi connectivity index (χ2v) is 5.52. The molecule has 0 amide bonds. The fraction of sp³-hybridized carbons (Fsp3) is 0.467. The summed E-state index contributed by atoms with van der Waals surface area (Å²) in [4.78, 5) is 4.49. The molecule has 2 aromatic rings. The van der Waals surface area contributed by atoms with Gasteiger partial charge in [0.15, 0.2) is 5.82 Å². The first-order valence-corrected chi connectivity index (χ1v) is 7.15. The molecule has 1 saturated carbocycles. The lowest BCUT2D eigenvalue weighted by molar-refractivity contribution is 0.330. The highest BCUT2D eigenvalue weighted by Crippen LogP contribution is 2.36. The number of ether oxygens (including phenoxy) is 1. The van der Waals surface area contributed by atoms with Gasteiger partial charge in [0.25, 0.3) is 0 Å². The van der Waals surface area contributed by atoms with Crippen LogP contribution in [0.2, 0.25) is 0 Å². The van der Waals surface area contributed by atoms with Crippen LogP contribution in [0.1, 0.15) is 36.0 Å². The minimum atomic E-state index is 0.0899. The standard InChI is InChI=1S/C15H17N3O2/c1-2-4-13-11(3-1)12(9-19-13)15-17-14(20-18-15)8-16-7-10-5-6-10/h1-4,10,12,16H,5-9H2. The summed E-state index contributed by atoms with van der Waals surface area (Å²) < 4.78 is 11.0. The molecule has 5 heteroatoms. The van der Waals surface area contributed by atoms with Gasteiger partial charge in [-0.3, -0.25) is 0 Å². The summed E-state index contributed by atoms with van der Waals surface area (Å²) in [6, 6.07) is 8.03. The third kappa shape index (κ3) is 2.29. The molecule has 1 unspecified atom stereocenters. The van der Waals surface area contributed by atoms with Crippen molar-refractivity contribution in [1.29, 1.82) is 0 Å². The third-order valence-corrected chi connectivity index (χ3v) is 3.90. The van der Waals surface area contributed by atoms with E-state index in [-0.39, 0.29) is 5.92 Å². The van der Waals surface area contributed by atoms with Gasteiger partial charge in [-0.25, -0.2) is 0 Å². The molecule has 1 atom stereocenters. The number of hydrogen-bond acceptors (Lipinski definition) is 5. The molecular weight excluding hydrogens is 254 g/mol. The molecule has 1 N–H and O–H groups in total. The molecule has 1 aliphatic carbocycles. The highest BCUT2D eigenvalue weighted by Gasteiger charge is 2.29. The lowest BCUT2D eigenvalue weighted by atomic mass is 10.0. The first-order valence-electron chi connectivity index (χ1n) is 7.15. The van der Waals surface area contributed by atoms with Gasteiger partial charge < -0.3 is 14.6 Å². The topological polar surface area (TPSA) is 60.2 Å². The van der Waals surface area contributed by atoms with Gasteiger partial charge in [-0.1, -0.05) is 23.4 Å². The second kappa shape index (κ2) is 4.90. The number of nitrogens with zero attached hydrogens (tertiary/aromatic N) is 2. The molecule has 1 fully saturated rings.